The molecule has 0 aromatic carbocycles. The summed E-state index contributed by atoms with van der Waals surface area (Å²) in [6.45, 7) is 5.16. The Morgan fingerprint density at radius 1 is 1.33 bits per heavy atom. The first-order valence-corrected chi connectivity index (χ1v) is 6.85. The van der Waals surface area contributed by atoms with Crippen molar-refractivity contribution in [3.8, 4) is 0 Å². The number of hydrogen-bond acceptors (Lipinski definition) is 3. The fourth-order valence-electron chi connectivity index (χ4n) is 2.25. The van der Waals surface area contributed by atoms with Crippen LogP contribution in [-0.4, -0.2) is 48.1 Å². The Balaban J connectivity index is 2.16. The van der Waals surface area contributed by atoms with Gasteiger partial charge in [0.15, 0.2) is 0 Å². The molecule has 2 N–H and O–H groups in total. The van der Waals surface area contributed by atoms with Gasteiger partial charge in [0.1, 0.15) is 0 Å². The summed E-state index contributed by atoms with van der Waals surface area (Å²) in [7, 11) is 0. The Hall–Kier alpha value is -1.10. The van der Waals surface area contributed by atoms with E-state index in [2.05, 4.69) is 10.2 Å². The van der Waals surface area contributed by atoms with Gasteiger partial charge in [-0.15, -0.1) is 0 Å². The zero-order chi connectivity index (χ0) is 13.4. The van der Waals surface area contributed by atoms with Crippen LogP contribution in [0, 0.1) is 5.92 Å². The largest absolute Gasteiger partial charge is 0.481 e. The summed E-state index contributed by atoms with van der Waals surface area (Å²) in [5.41, 5.74) is 0. The van der Waals surface area contributed by atoms with Crippen LogP contribution in [0.1, 0.15) is 39.0 Å². The number of amides is 1. The molecule has 0 aliphatic carbocycles. The van der Waals surface area contributed by atoms with Crippen molar-refractivity contribution in [2.24, 2.45) is 5.92 Å². The molecule has 1 fully saturated rings. The molecule has 0 spiro atoms. The second-order valence-electron chi connectivity index (χ2n) is 4.93. The number of likely N-dealkylation sites (tertiary alicyclic amines) is 1. The molecule has 5 nitrogen and oxygen atoms in total. The van der Waals surface area contributed by atoms with Crippen molar-refractivity contribution in [1.82, 2.24) is 10.2 Å². The van der Waals surface area contributed by atoms with Crippen molar-refractivity contribution in [2.75, 3.05) is 26.2 Å². The monoisotopic (exact) mass is 256 g/mol. The van der Waals surface area contributed by atoms with E-state index in [4.69, 9.17) is 5.11 Å². The standard InChI is InChI=1S/C13H24N2O3/c1-2-5-11(13(17)18)10-14-12(16)6-9-15-7-3-4-8-15/h11H,2-10H2,1H3,(H,14,16)(H,17,18). The number of carbonyl (C=O) groups is 2. The SMILES string of the molecule is CCCC(CNC(=O)CCN1CCCC1)C(=O)O. The van der Waals surface area contributed by atoms with Gasteiger partial charge in [-0.05, 0) is 32.4 Å². The van der Waals surface area contributed by atoms with Crippen molar-refractivity contribution in [1.29, 1.82) is 0 Å². The summed E-state index contributed by atoms with van der Waals surface area (Å²) in [5.74, 6) is -1.31. The van der Waals surface area contributed by atoms with Crippen molar-refractivity contribution >= 4 is 11.9 Å². The third-order valence-electron chi connectivity index (χ3n) is 3.39. The molecule has 1 aliphatic rings. The molecule has 1 rings (SSSR count). The van der Waals surface area contributed by atoms with E-state index >= 15 is 0 Å². The van der Waals surface area contributed by atoms with E-state index in [0.29, 0.717) is 12.8 Å². The minimum absolute atomic E-state index is 0.0377. The van der Waals surface area contributed by atoms with Crippen LogP contribution in [0.4, 0.5) is 0 Å². The second-order valence-corrected chi connectivity index (χ2v) is 4.93. The molecule has 0 aromatic heterocycles. The van der Waals surface area contributed by atoms with Crippen molar-refractivity contribution in [3.05, 3.63) is 0 Å². The van der Waals surface area contributed by atoms with Gasteiger partial charge in [-0.1, -0.05) is 13.3 Å². The normalized spacial score (nSPS) is 17.6. The lowest BCUT2D eigenvalue weighted by Gasteiger charge is -2.15. The molecule has 1 aliphatic heterocycles. The predicted molar refractivity (Wildman–Crippen MR) is 69.3 cm³/mol. The molecule has 1 atom stereocenters. The van der Waals surface area contributed by atoms with Gasteiger partial charge in [-0.25, -0.2) is 0 Å². The van der Waals surface area contributed by atoms with Crippen molar-refractivity contribution < 1.29 is 14.7 Å². The number of carboxylic acid groups (broad SMARTS) is 1. The van der Waals surface area contributed by atoms with Crippen molar-refractivity contribution in [2.45, 2.75) is 39.0 Å². The number of carbonyl (C=O) groups excluding carboxylic acids is 1. The third-order valence-corrected chi connectivity index (χ3v) is 3.39. The van der Waals surface area contributed by atoms with Gasteiger partial charge in [0, 0.05) is 19.5 Å². The van der Waals surface area contributed by atoms with E-state index < -0.39 is 11.9 Å². The molecular weight excluding hydrogens is 232 g/mol. The average Bonchev–Trinajstić information content (AvgIpc) is 2.84. The molecule has 18 heavy (non-hydrogen) atoms. The highest BCUT2D eigenvalue weighted by atomic mass is 16.4. The first kappa shape index (κ1) is 15.0. The Kier molecular flexibility index (Phi) is 6.72. The summed E-state index contributed by atoms with van der Waals surface area (Å²) in [4.78, 5) is 24.8. The first-order chi connectivity index (χ1) is 8.63. The molecule has 1 saturated heterocycles. The molecule has 0 aromatic rings. The molecule has 1 heterocycles. The van der Waals surface area contributed by atoms with Gasteiger partial charge in [0.2, 0.25) is 5.91 Å². The Morgan fingerprint density at radius 2 is 2.00 bits per heavy atom. The van der Waals surface area contributed by atoms with Crippen LogP contribution in [0.5, 0.6) is 0 Å². The molecule has 1 amide bonds. The average molecular weight is 256 g/mol. The first-order valence-electron chi connectivity index (χ1n) is 6.85. The lowest BCUT2D eigenvalue weighted by Crippen LogP contribution is -2.34. The van der Waals surface area contributed by atoms with E-state index in [1.807, 2.05) is 6.92 Å². The fraction of sp³-hybridized carbons (Fsp3) is 0.846. The number of rotatable bonds is 8. The molecule has 104 valence electrons. The Bertz CT molecular complexity index is 275. The number of nitrogens with zero attached hydrogens (tertiary/aromatic N) is 1. The molecule has 0 bridgehead atoms. The van der Waals surface area contributed by atoms with Gasteiger partial charge in [-0.2, -0.15) is 0 Å². The van der Waals surface area contributed by atoms with Gasteiger partial charge in [0.25, 0.3) is 0 Å². The van der Waals surface area contributed by atoms with Crippen LogP contribution < -0.4 is 5.32 Å². The van der Waals surface area contributed by atoms with E-state index in [1.165, 1.54) is 12.8 Å². The van der Waals surface area contributed by atoms with Crippen LogP contribution in [0.25, 0.3) is 0 Å². The Labute approximate surface area is 109 Å². The number of hydrogen-bond donors (Lipinski definition) is 2. The van der Waals surface area contributed by atoms with Gasteiger partial charge in [0.05, 0.1) is 5.92 Å². The minimum atomic E-state index is -0.823. The summed E-state index contributed by atoms with van der Waals surface area (Å²) in [6, 6.07) is 0. The molecule has 1 unspecified atom stereocenters. The topological polar surface area (TPSA) is 69.6 Å². The summed E-state index contributed by atoms with van der Waals surface area (Å²) in [6.07, 6.45) is 4.35. The highest BCUT2D eigenvalue weighted by Gasteiger charge is 2.18. The fourth-order valence-corrected chi connectivity index (χ4v) is 2.25. The smallest absolute Gasteiger partial charge is 0.308 e. The molecule has 0 saturated carbocycles. The van der Waals surface area contributed by atoms with E-state index in [9.17, 15) is 9.59 Å². The maximum Gasteiger partial charge on any atom is 0.308 e. The van der Waals surface area contributed by atoms with Crippen LogP contribution in [-0.2, 0) is 9.59 Å². The van der Waals surface area contributed by atoms with Crippen LogP contribution >= 0.6 is 0 Å². The van der Waals surface area contributed by atoms with E-state index in [1.54, 1.807) is 0 Å². The quantitative estimate of drug-likeness (QED) is 0.682. The van der Waals surface area contributed by atoms with Gasteiger partial charge < -0.3 is 15.3 Å². The van der Waals surface area contributed by atoms with Gasteiger partial charge in [-0.3, -0.25) is 9.59 Å². The Morgan fingerprint density at radius 3 is 2.56 bits per heavy atom. The minimum Gasteiger partial charge on any atom is -0.481 e. The molecule has 0 radical (unpaired) electrons. The van der Waals surface area contributed by atoms with Crippen molar-refractivity contribution in [3.63, 3.8) is 0 Å². The highest BCUT2D eigenvalue weighted by molar-refractivity contribution is 5.77. The maximum absolute atomic E-state index is 11.6. The summed E-state index contributed by atoms with van der Waals surface area (Å²) < 4.78 is 0. The maximum atomic E-state index is 11.6. The lowest BCUT2D eigenvalue weighted by atomic mass is 10.0. The predicted octanol–water partition coefficient (Wildman–Crippen LogP) is 1.09. The molecular formula is C13H24N2O3. The van der Waals surface area contributed by atoms with Crippen LogP contribution in [0.3, 0.4) is 0 Å². The van der Waals surface area contributed by atoms with Crippen LogP contribution in [0.15, 0.2) is 0 Å². The lowest BCUT2D eigenvalue weighted by molar-refractivity contribution is -0.141. The zero-order valence-electron chi connectivity index (χ0n) is 11.2. The molecule has 5 heteroatoms. The zero-order valence-corrected chi connectivity index (χ0v) is 11.2. The van der Waals surface area contributed by atoms with Crippen LogP contribution in [0.2, 0.25) is 0 Å². The van der Waals surface area contributed by atoms with E-state index in [-0.39, 0.29) is 12.5 Å². The second kappa shape index (κ2) is 8.08. The van der Waals surface area contributed by atoms with E-state index in [0.717, 1.165) is 26.1 Å². The number of nitrogens with one attached hydrogen (secondary N) is 1. The number of carboxylic acids is 1. The van der Waals surface area contributed by atoms with Gasteiger partial charge >= 0.3 is 5.97 Å². The summed E-state index contributed by atoms with van der Waals surface area (Å²) >= 11 is 0. The summed E-state index contributed by atoms with van der Waals surface area (Å²) in [5, 5.41) is 11.7. The highest BCUT2D eigenvalue weighted by Crippen LogP contribution is 2.08. The number of aliphatic carboxylic acids is 1. The third kappa shape index (κ3) is 5.49.